The van der Waals surface area contributed by atoms with Crippen LogP contribution in [0.15, 0.2) is 58.4 Å². The summed E-state index contributed by atoms with van der Waals surface area (Å²) >= 11 is 0. The van der Waals surface area contributed by atoms with Crippen LogP contribution >= 0.6 is 0 Å². The molecule has 4 rings (SSSR count). The Hall–Kier alpha value is -3.89. The van der Waals surface area contributed by atoms with Crippen LogP contribution in [-0.2, 0) is 0 Å². The Kier molecular flexibility index (Phi) is 4.86. The van der Waals surface area contributed by atoms with Crippen LogP contribution in [0.2, 0.25) is 0 Å². The number of anilines is 1. The average Bonchev–Trinajstić information content (AvgIpc) is 3.26. The molecule has 0 fully saturated rings. The maximum atomic E-state index is 13.3. The van der Waals surface area contributed by atoms with Crippen molar-refractivity contribution in [1.82, 2.24) is 19.7 Å². The maximum Gasteiger partial charge on any atom is 0.405 e. The number of alkyl halides is 3. The Bertz CT molecular complexity index is 1240. The number of benzene rings is 1. The highest BCUT2D eigenvalue weighted by Crippen LogP contribution is 2.27. The smallest absolute Gasteiger partial charge is 0.405 e. The molecule has 0 unspecified atom stereocenters. The summed E-state index contributed by atoms with van der Waals surface area (Å²) in [6.45, 7) is -1.30. The summed E-state index contributed by atoms with van der Waals surface area (Å²) in [6.07, 6.45) is 1.05. The van der Waals surface area contributed by atoms with Gasteiger partial charge in [0, 0.05) is 17.8 Å². The van der Waals surface area contributed by atoms with Gasteiger partial charge in [0.2, 0.25) is 5.95 Å². The van der Waals surface area contributed by atoms with E-state index in [0.29, 0.717) is 22.4 Å². The molecule has 0 aliphatic carbocycles. The van der Waals surface area contributed by atoms with Crippen molar-refractivity contribution < 1.29 is 22.4 Å². The van der Waals surface area contributed by atoms with Gasteiger partial charge in [0.15, 0.2) is 0 Å². The number of pyridine rings is 1. The van der Waals surface area contributed by atoms with Gasteiger partial charge in [-0.3, -0.25) is 9.36 Å². The maximum absolute atomic E-state index is 13.3. The first-order valence-electron chi connectivity index (χ1n) is 8.63. The minimum atomic E-state index is -4.44. The summed E-state index contributed by atoms with van der Waals surface area (Å²) in [5, 5.41) is 6.19. The van der Waals surface area contributed by atoms with E-state index >= 15 is 0 Å². The van der Waals surface area contributed by atoms with Crippen molar-refractivity contribution in [2.45, 2.75) is 6.18 Å². The zero-order valence-corrected chi connectivity index (χ0v) is 15.5. The van der Waals surface area contributed by atoms with E-state index in [1.165, 1.54) is 36.5 Å². The summed E-state index contributed by atoms with van der Waals surface area (Å²) < 4.78 is 48.9. The minimum Gasteiger partial charge on any atom is -0.497 e. The number of nitrogens with zero attached hydrogens (tertiary/aromatic N) is 4. The molecule has 0 spiro atoms. The van der Waals surface area contributed by atoms with Gasteiger partial charge < -0.3 is 14.6 Å². The lowest BCUT2D eigenvalue weighted by molar-refractivity contribution is -0.115. The van der Waals surface area contributed by atoms with Crippen LogP contribution in [0.25, 0.3) is 27.7 Å². The molecular weight excluding hydrogens is 403 g/mol. The van der Waals surface area contributed by atoms with Crippen molar-refractivity contribution in [2.24, 2.45) is 0 Å². The quantitative estimate of drug-likeness (QED) is 0.532. The first kappa shape index (κ1) is 19.4. The van der Waals surface area contributed by atoms with Crippen LogP contribution in [-0.4, -0.2) is 39.5 Å². The number of hydrogen-bond donors (Lipinski definition) is 1. The molecule has 30 heavy (non-hydrogen) atoms. The van der Waals surface area contributed by atoms with Crippen molar-refractivity contribution in [3.05, 3.63) is 59.5 Å². The third-order valence-corrected chi connectivity index (χ3v) is 4.28. The van der Waals surface area contributed by atoms with E-state index in [1.54, 1.807) is 24.3 Å². The average molecular weight is 417 g/mol. The second-order valence-corrected chi connectivity index (χ2v) is 6.26. The number of ether oxygens (including phenoxy) is 1. The summed E-state index contributed by atoms with van der Waals surface area (Å²) in [6, 6.07) is 6.67. The number of hydrogen-bond acceptors (Lipinski definition) is 7. The third-order valence-electron chi connectivity index (χ3n) is 4.28. The Labute approximate surface area is 166 Å². The SMILES string of the molecule is COc1ccc(-c2c(=O)n(-c3cnoc3)cc3cnc(NCC(F)(F)F)nc23)cc1. The second kappa shape index (κ2) is 7.50. The van der Waals surface area contributed by atoms with E-state index in [9.17, 15) is 18.0 Å². The van der Waals surface area contributed by atoms with Gasteiger partial charge in [0.25, 0.3) is 5.56 Å². The van der Waals surface area contributed by atoms with E-state index in [1.807, 2.05) is 0 Å². The lowest BCUT2D eigenvalue weighted by Crippen LogP contribution is -2.23. The normalized spacial score (nSPS) is 11.6. The molecule has 0 saturated heterocycles. The molecule has 0 saturated carbocycles. The molecule has 3 heterocycles. The van der Waals surface area contributed by atoms with E-state index in [2.05, 4.69) is 20.4 Å². The van der Waals surface area contributed by atoms with Crippen LogP contribution in [0.4, 0.5) is 19.1 Å². The predicted molar refractivity (Wildman–Crippen MR) is 102 cm³/mol. The van der Waals surface area contributed by atoms with E-state index in [0.717, 1.165) is 0 Å². The molecule has 0 radical (unpaired) electrons. The lowest BCUT2D eigenvalue weighted by Gasteiger charge is -2.12. The fraction of sp³-hybridized carbons (Fsp3) is 0.158. The van der Waals surface area contributed by atoms with Crippen LogP contribution in [0.3, 0.4) is 0 Å². The number of aromatic nitrogens is 4. The summed E-state index contributed by atoms with van der Waals surface area (Å²) in [4.78, 5) is 21.4. The van der Waals surface area contributed by atoms with E-state index in [4.69, 9.17) is 9.26 Å². The molecule has 8 nitrogen and oxygen atoms in total. The molecule has 0 aliphatic heterocycles. The highest BCUT2D eigenvalue weighted by Gasteiger charge is 2.27. The van der Waals surface area contributed by atoms with E-state index in [-0.39, 0.29) is 17.0 Å². The highest BCUT2D eigenvalue weighted by molar-refractivity contribution is 5.93. The van der Waals surface area contributed by atoms with Gasteiger partial charge in [-0.05, 0) is 17.7 Å². The fourth-order valence-electron chi connectivity index (χ4n) is 2.90. The molecule has 0 aliphatic rings. The van der Waals surface area contributed by atoms with Gasteiger partial charge in [-0.2, -0.15) is 13.2 Å². The zero-order chi connectivity index (χ0) is 21.3. The molecule has 0 amide bonds. The third kappa shape index (κ3) is 3.81. The number of rotatable bonds is 5. The van der Waals surface area contributed by atoms with Crippen molar-refractivity contribution >= 4 is 16.9 Å². The van der Waals surface area contributed by atoms with Gasteiger partial charge >= 0.3 is 6.18 Å². The number of methoxy groups -OCH3 is 1. The topological polar surface area (TPSA) is 95.1 Å². The van der Waals surface area contributed by atoms with Crippen LogP contribution in [0, 0.1) is 0 Å². The number of halogens is 3. The molecule has 1 aromatic carbocycles. The van der Waals surface area contributed by atoms with Crippen LogP contribution < -0.4 is 15.6 Å². The molecule has 0 atom stereocenters. The Morgan fingerprint density at radius 1 is 1.20 bits per heavy atom. The Morgan fingerprint density at radius 3 is 2.60 bits per heavy atom. The van der Waals surface area contributed by atoms with Crippen LogP contribution in [0.1, 0.15) is 0 Å². The first-order valence-corrected chi connectivity index (χ1v) is 8.63. The van der Waals surface area contributed by atoms with Crippen molar-refractivity contribution in [3.8, 4) is 22.6 Å². The van der Waals surface area contributed by atoms with E-state index < -0.39 is 18.3 Å². The molecular formula is C19H14F3N5O3. The van der Waals surface area contributed by atoms with Crippen molar-refractivity contribution in [1.29, 1.82) is 0 Å². The molecule has 3 aromatic heterocycles. The number of fused-ring (bicyclic) bond motifs is 1. The minimum absolute atomic E-state index is 0.189. The second-order valence-electron chi connectivity index (χ2n) is 6.26. The molecule has 0 bridgehead atoms. The first-order chi connectivity index (χ1) is 14.4. The zero-order valence-electron chi connectivity index (χ0n) is 15.5. The number of nitrogens with one attached hydrogen (secondary N) is 1. The van der Waals surface area contributed by atoms with Crippen molar-refractivity contribution in [3.63, 3.8) is 0 Å². The molecule has 1 N–H and O–H groups in total. The molecule has 11 heteroatoms. The summed E-state index contributed by atoms with van der Waals surface area (Å²) in [5.74, 6) is 0.345. The highest BCUT2D eigenvalue weighted by atomic mass is 19.4. The standard InChI is InChI=1S/C19H14F3N5O3/c1-29-14-4-2-11(3-5-14)15-16-12(6-23-18(26-16)24-10-19(20,21)22)8-27(17(15)28)13-7-25-30-9-13/h2-9H,10H2,1H3,(H,24,26). The van der Waals surface area contributed by atoms with Gasteiger partial charge in [-0.15, -0.1) is 0 Å². The summed E-state index contributed by atoms with van der Waals surface area (Å²) in [5.41, 5.74) is 0.843. The van der Waals surface area contributed by atoms with Gasteiger partial charge in [0.05, 0.1) is 24.4 Å². The Balaban J connectivity index is 1.93. The van der Waals surface area contributed by atoms with Crippen LogP contribution in [0.5, 0.6) is 5.75 Å². The van der Waals surface area contributed by atoms with Crippen molar-refractivity contribution in [2.75, 3.05) is 19.0 Å². The van der Waals surface area contributed by atoms with Gasteiger partial charge in [0.1, 0.15) is 24.2 Å². The molecule has 4 aromatic rings. The summed E-state index contributed by atoms with van der Waals surface area (Å²) in [7, 11) is 1.51. The molecule has 154 valence electrons. The Morgan fingerprint density at radius 2 is 1.97 bits per heavy atom. The fourth-order valence-corrected chi connectivity index (χ4v) is 2.90. The lowest BCUT2D eigenvalue weighted by atomic mass is 10.0. The monoisotopic (exact) mass is 417 g/mol. The predicted octanol–water partition coefficient (Wildman–Crippen LogP) is 3.42. The largest absolute Gasteiger partial charge is 0.497 e. The van der Waals surface area contributed by atoms with Gasteiger partial charge in [-0.1, -0.05) is 17.3 Å². The van der Waals surface area contributed by atoms with Gasteiger partial charge in [-0.25, -0.2) is 9.97 Å².